The molecule has 262 valence electrons. The number of carboxylic acid groups (broad SMARTS) is 1. The number of anilines is 1. The van der Waals surface area contributed by atoms with E-state index in [2.05, 4.69) is 20.5 Å². The van der Waals surface area contributed by atoms with E-state index in [1.54, 1.807) is 6.07 Å². The first-order valence-corrected chi connectivity index (χ1v) is 17.0. The number of methoxy groups -OCH3 is 1. The van der Waals surface area contributed by atoms with E-state index in [4.69, 9.17) is 21.1 Å². The summed E-state index contributed by atoms with van der Waals surface area (Å²) < 4.78 is 44.4. The zero-order valence-electron chi connectivity index (χ0n) is 28.0. The van der Waals surface area contributed by atoms with E-state index in [0.717, 1.165) is 53.5 Å². The summed E-state index contributed by atoms with van der Waals surface area (Å²) in [6.45, 7) is 1.50. The van der Waals surface area contributed by atoms with E-state index >= 15 is 8.78 Å². The van der Waals surface area contributed by atoms with E-state index in [9.17, 15) is 14.7 Å². The molecule has 50 heavy (non-hydrogen) atoms. The number of carboxylic acids is 1. The second kappa shape index (κ2) is 13.3. The molecule has 7 rings (SSSR count). The van der Waals surface area contributed by atoms with Crippen molar-refractivity contribution in [1.29, 1.82) is 0 Å². The fraction of sp³-hybridized carbons (Fsp3) is 0.378. The minimum Gasteiger partial charge on any atom is -0.493 e. The Labute approximate surface area is 293 Å². The number of fused-ring (bicyclic) bond motifs is 2. The maximum Gasteiger partial charge on any atom is 0.323 e. The highest BCUT2D eigenvalue weighted by Crippen LogP contribution is 2.45. The van der Waals surface area contributed by atoms with Crippen molar-refractivity contribution in [3.63, 3.8) is 0 Å². The summed E-state index contributed by atoms with van der Waals surface area (Å²) in [6.07, 6.45) is 2.83. The van der Waals surface area contributed by atoms with Crippen molar-refractivity contribution in [2.24, 2.45) is 7.05 Å². The zero-order chi connectivity index (χ0) is 35.3. The lowest BCUT2D eigenvalue weighted by Gasteiger charge is -2.38. The minimum atomic E-state index is -1.11. The molecule has 3 N–H and O–H groups in total. The van der Waals surface area contributed by atoms with Gasteiger partial charge in [-0.2, -0.15) is 4.39 Å². The molecule has 4 aromatic rings. The molecule has 10 nitrogen and oxygen atoms in total. The second-order valence-electron chi connectivity index (χ2n) is 13.3. The fourth-order valence-electron chi connectivity index (χ4n) is 7.36. The first kappa shape index (κ1) is 34.0. The normalized spacial score (nSPS) is 17.8. The average Bonchev–Trinajstić information content (AvgIpc) is 3.63. The number of imidazole rings is 1. The number of nitrogens with one attached hydrogen (secondary N) is 2. The lowest BCUT2D eigenvalue weighted by atomic mass is 9.76. The third kappa shape index (κ3) is 5.88. The quantitative estimate of drug-likeness (QED) is 0.173. The summed E-state index contributed by atoms with van der Waals surface area (Å²) >= 11 is 6.95. The Hall–Kier alpha value is -4.52. The molecule has 2 aliphatic carbocycles. The summed E-state index contributed by atoms with van der Waals surface area (Å²) in [7, 11) is 5.15. The van der Waals surface area contributed by atoms with Crippen LogP contribution in [-0.2, 0) is 37.8 Å². The van der Waals surface area contributed by atoms with Gasteiger partial charge in [-0.15, -0.1) is 0 Å². The highest BCUT2D eigenvalue weighted by atomic mass is 35.5. The van der Waals surface area contributed by atoms with Gasteiger partial charge in [0.05, 0.1) is 23.5 Å². The predicted molar refractivity (Wildman–Crippen MR) is 184 cm³/mol. The largest absolute Gasteiger partial charge is 0.493 e. The van der Waals surface area contributed by atoms with Crippen molar-refractivity contribution in [2.45, 2.75) is 63.3 Å². The molecular weight excluding hydrogens is 668 g/mol. The maximum atomic E-state index is 15.8. The van der Waals surface area contributed by atoms with Crippen molar-refractivity contribution >= 4 is 29.2 Å². The summed E-state index contributed by atoms with van der Waals surface area (Å²) in [5.74, 6) is -3.69. The van der Waals surface area contributed by atoms with Crippen LogP contribution in [0.3, 0.4) is 0 Å². The standard InChI is InChI=1S/C37H38ClF2N5O5/c1-44-16-13-28-27(19-44)42-34(45(28)2)35(46)43-26-10-5-9-24(30(26)38)21-7-4-8-23-22(21)11-12-29(23)50-33-25(39)17-20(32(49-3)31(33)40)18-41-37(36(47)48)14-6-15-37/h4-5,7-10,17,29,41H,6,11-16,18-19H2,1-3H3,(H,43,46)(H,47,48). The molecule has 1 aliphatic heterocycles. The molecule has 0 saturated heterocycles. The van der Waals surface area contributed by atoms with Gasteiger partial charge in [-0.1, -0.05) is 41.9 Å². The third-order valence-corrected chi connectivity index (χ3v) is 10.7. The molecule has 1 unspecified atom stereocenters. The average molecular weight is 706 g/mol. The Bertz CT molecular complexity index is 2010. The molecule has 3 aromatic carbocycles. The smallest absolute Gasteiger partial charge is 0.323 e. The Morgan fingerprint density at radius 2 is 1.86 bits per heavy atom. The second-order valence-corrected chi connectivity index (χ2v) is 13.7. The number of halogens is 3. The molecule has 1 amide bonds. The van der Waals surface area contributed by atoms with Crippen molar-refractivity contribution < 1.29 is 33.0 Å². The molecule has 2 heterocycles. The number of hydrogen-bond acceptors (Lipinski definition) is 7. The van der Waals surface area contributed by atoms with Crippen LogP contribution < -0.4 is 20.1 Å². The molecule has 1 fully saturated rings. The van der Waals surface area contributed by atoms with Gasteiger partial charge < -0.3 is 29.4 Å². The summed E-state index contributed by atoms with van der Waals surface area (Å²) in [5, 5.41) is 15.9. The van der Waals surface area contributed by atoms with Crippen LogP contribution in [0.15, 0.2) is 42.5 Å². The van der Waals surface area contributed by atoms with Crippen molar-refractivity contribution in [3.05, 3.63) is 93.0 Å². The molecule has 1 saturated carbocycles. The first-order chi connectivity index (χ1) is 24.0. The molecule has 0 spiro atoms. The number of carbonyl (C=O) groups excluding carboxylic acids is 1. The van der Waals surface area contributed by atoms with E-state index in [-0.39, 0.29) is 23.8 Å². The van der Waals surface area contributed by atoms with Gasteiger partial charge in [0.1, 0.15) is 11.6 Å². The molecule has 13 heteroatoms. The van der Waals surface area contributed by atoms with Gasteiger partial charge in [0.15, 0.2) is 23.1 Å². The number of amides is 1. The number of likely N-dealkylation sites (N-methyl/N-ethyl adjacent to an activating group) is 1. The van der Waals surface area contributed by atoms with Crippen LogP contribution in [-0.4, -0.2) is 57.7 Å². The first-order valence-electron chi connectivity index (χ1n) is 16.7. The molecule has 0 bridgehead atoms. The van der Waals surface area contributed by atoms with Crippen LogP contribution in [0.5, 0.6) is 11.5 Å². The topological polar surface area (TPSA) is 118 Å². The number of nitrogens with zero attached hydrogens (tertiary/aromatic N) is 3. The number of aromatic nitrogens is 2. The van der Waals surface area contributed by atoms with Crippen LogP contribution in [0.2, 0.25) is 5.02 Å². The summed E-state index contributed by atoms with van der Waals surface area (Å²) in [6, 6.07) is 12.2. The fourth-order valence-corrected chi connectivity index (χ4v) is 7.64. The highest BCUT2D eigenvalue weighted by molar-refractivity contribution is 6.36. The van der Waals surface area contributed by atoms with E-state index in [1.165, 1.54) is 7.11 Å². The van der Waals surface area contributed by atoms with Gasteiger partial charge >= 0.3 is 5.97 Å². The Balaban J connectivity index is 1.12. The van der Waals surface area contributed by atoms with Gasteiger partial charge in [0.2, 0.25) is 5.82 Å². The van der Waals surface area contributed by atoms with Crippen LogP contribution in [0, 0.1) is 11.6 Å². The van der Waals surface area contributed by atoms with Gasteiger partial charge in [-0.05, 0) is 68.0 Å². The van der Waals surface area contributed by atoms with Gasteiger partial charge in [-0.3, -0.25) is 14.9 Å². The monoisotopic (exact) mass is 705 g/mol. The number of aliphatic carboxylic acids is 1. The van der Waals surface area contributed by atoms with Crippen molar-refractivity contribution in [2.75, 3.05) is 26.0 Å². The lowest BCUT2D eigenvalue weighted by Crippen LogP contribution is -2.56. The maximum absolute atomic E-state index is 15.8. The molecule has 0 radical (unpaired) electrons. The number of carbonyl (C=O) groups is 2. The van der Waals surface area contributed by atoms with Gasteiger partial charge in [-0.25, -0.2) is 9.37 Å². The molecular formula is C37H38ClF2N5O5. The molecule has 1 atom stereocenters. The SMILES string of the molecule is COc1c(CNC2(C(=O)O)CCC2)cc(F)c(OC2CCc3c(-c4cccc(NC(=O)c5nc6c(n5C)CCN(C)C6)c4Cl)cccc32)c1F. The Kier molecular flexibility index (Phi) is 9.04. The van der Waals surface area contributed by atoms with Crippen LogP contribution in [0.4, 0.5) is 14.5 Å². The number of benzene rings is 3. The number of hydrogen-bond donors (Lipinski definition) is 3. The van der Waals surface area contributed by atoms with E-state index in [1.807, 2.05) is 49.0 Å². The van der Waals surface area contributed by atoms with Gasteiger partial charge in [0, 0.05) is 49.9 Å². The van der Waals surface area contributed by atoms with Crippen LogP contribution in [0.1, 0.15) is 70.5 Å². The minimum absolute atomic E-state index is 0.0825. The predicted octanol–water partition coefficient (Wildman–Crippen LogP) is 6.43. The highest BCUT2D eigenvalue weighted by Gasteiger charge is 2.44. The summed E-state index contributed by atoms with van der Waals surface area (Å²) in [5.41, 5.74) is 4.66. The van der Waals surface area contributed by atoms with Gasteiger partial charge in [0.25, 0.3) is 5.91 Å². The Morgan fingerprint density at radius 3 is 2.58 bits per heavy atom. The molecule has 1 aromatic heterocycles. The van der Waals surface area contributed by atoms with E-state index in [0.29, 0.717) is 54.3 Å². The Morgan fingerprint density at radius 1 is 1.10 bits per heavy atom. The van der Waals surface area contributed by atoms with Crippen LogP contribution >= 0.6 is 11.6 Å². The zero-order valence-corrected chi connectivity index (χ0v) is 28.8. The lowest BCUT2D eigenvalue weighted by molar-refractivity contribution is -0.148. The number of rotatable bonds is 10. The number of ether oxygens (including phenoxy) is 2. The molecule has 3 aliphatic rings. The van der Waals surface area contributed by atoms with E-state index < -0.39 is 35.0 Å². The van der Waals surface area contributed by atoms with Crippen molar-refractivity contribution in [1.82, 2.24) is 19.8 Å². The summed E-state index contributed by atoms with van der Waals surface area (Å²) in [4.78, 5) is 32.0. The third-order valence-electron chi connectivity index (χ3n) is 10.3. The van der Waals surface area contributed by atoms with Crippen LogP contribution in [0.25, 0.3) is 11.1 Å². The van der Waals surface area contributed by atoms with Crippen molar-refractivity contribution in [3.8, 4) is 22.6 Å².